The number of hydrogen-bond donors (Lipinski definition) is 2. The van der Waals surface area contributed by atoms with E-state index in [4.69, 9.17) is 9.84 Å². The molecule has 162 valence electrons. The number of likely N-dealkylation sites (tertiary alicyclic amines) is 1. The number of carbonyl (C=O) groups is 2. The summed E-state index contributed by atoms with van der Waals surface area (Å²) in [5, 5.41) is 30.9. The Morgan fingerprint density at radius 2 is 1.87 bits per heavy atom. The molecule has 1 aliphatic rings. The van der Waals surface area contributed by atoms with E-state index in [1.165, 1.54) is 23.1 Å². The molecule has 0 spiro atoms. The third kappa shape index (κ3) is 4.62. The van der Waals surface area contributed by atoms with E-state index in [9.17, 15) is 24.8 Å². The Balaban J connectivity index is 2.09. The van der Waals surface area contributed by atoms with E-state index in [1.807, 2.05) is 19.1 Å². The summed E-state index contributed by atoms with van der Waals surface area (Å²) in [6.07, 6.45) is 0. The predicted molar refractivity (Wildman–Crippen MR) is 111 cm³/mol. The lowest BCUT2D eigenvalue weighted by molar-refractivity contribution is -0.384. The van der Waals surface area contributed by atoms with Crippen molar-refractivity contribution in [3.05, 3.63) is 80.9 Å². The maximum absolute atomic E-state index is 12.9. The number of aliphatic hydroxyl groups is 2. The molecule has 31 heavy (non-hydrogen) atoms. The van der Waals surface area contributed by atoms with Crippen LogP contribution in [0, 0.1) is 17.0 Å². The van der Waals surface area contributed by atoms with E-state index in [0.717, 1.165) is 11.6 Å². The molecule has 2 aromatic rings. The highest BCUT2D eigenvalue weighted by Gasteiger charge is 2.45. The minimum Gasteiger partial charge on any atom is -0.507 e. The Morgan fingerprint density at radius 3 is 2.52 bits per heavy atom. The summed E-state index contributed by atoms with van der Waals surface area (Å²) < 4.78 is 5.25. The van der Waals surface area contributed by atoms with Gasteiger partial charge in [-0.1, -0.05) is 42.0 Å². The van der Waals surface area contributed by atoms with Crippen molar-refractivity contribution in [3.8, 4) is 0 Å². The summed E-state index contributed by atoms with van der Waals surface area (Å²) in [5.74, 6) is -2.16. The smallest absolute Gasteiger partial charge is 0.295 e. The summed E-state index contributed by atoms with van der Waals surface area (Å²) in [4.78, 5) is 37.4. The molecule has 0 bridgehead atoms. The van der Waals surface area contributed by atoms with E-state index in [2.05, 4.69) is 0 Å². The molecule has 0 aliphatic carbocycles. The van der Waals surface area contributed by atoms with Gasteiger partial charge in [-0.15, -0.1) is 0 Å². The van der Waals surface area contributed by atoms with Crippen molar-refractivity contribution >= 4 is 23.1 Å². The summed E-state index contributed by atoms with van der Waals surface area (Å²) >= 11 is 0. The zero-order valence-electron chi connectivity index (χ0n) is 16.9. The number of nitro benzene ring substituents is 1. The largest absolute Gasteiger partial charge is 0.507 e. The lowest BCUT2D eigenvalue weighted by atomic mass is 9.94. The molecule has 9 nitrogen and oxygen atoms in total. The maximum atomic E-state index is 12.9. The van der Waals surface area contributed by atoms with Crippen molar-refractivity contribution in [1.82, 2.24) is 4.90 Å². The molecule has 2 N–H and O–H groups in total. The number of aliphatic hydroxyl groups excluding tert-OH is 2. The fourth-order valence-electron chi connectivity index (χ4n) is 3.46. The van der Waals surface area contributed by atoms with Crippen molar-refractivity contribution in [2.24, 2.45) is 0 Å². The number of carbonyl (C=O) groups excluding carboxylic acids is 2. The number of amides is 1. The molecule has 3 rings (SSSR count). The summed E-state index contributed by atoms with van der Waals surface area (Å²) in [5.41, 5.74) is 1.27. The number of rotatable bonds is 8. The summed E-state index contributed by atoms with van der Waals surface area (Å²) in [6, 6.07) is 11.5. The Hall–Kier alpha value is -3.56. The number of benzene rings is 2. The van der Waals surface area contributed by atoms with Crippen LogP contribution in [0.5, 0.6) is 0 Å². The van der Waals surface area contributed by atoms with Gasteiger partial charge >= 0.3 is 0 Å². The number of ether oxygens (including phenoxy) is 1. The Kier molecular flexibility index (Phi) is 6.78. The Morgan fingerprint density at radius 1 is 1.16 bits per heavy atom. The Bertz CT molecular complexity index is 1030. The van der Waals surface area contributed by atoms with Gasteiger partial charge in [0.05, 0.1) is 36.4 Å². The monoisotopic (exact) mass is 426 g/mol. The highest BCUT2D eigenvalue weighted by molar-refractivity contribution is 6.46. The Labute approximate surface area is 178 Å². The minimum absolute atomic E-state index is 0.0643. The van der Waals surface area contributed by atoms with E-state index in [0.29, 0.717) is 5.56 Å². The SMILES string of the molecule is Cc1ccc([C@@H]2/C(=C(\O)c3cccc([N+](=O)[O-])c3)C(=O)C(=O)N2CCOCCO)cc1. The molecule has 1 fully saturated rings. The molecule has 0 unspecified atom stereocenters. The van der Waals surface area contributed by atoms with Crippen LogP contribution in [-0.4, -0.2) is 58.1 Å². The van der Waals surface area contributed by atoms with Crippen LogP contribution in [0.1, 0.15) is 22.7 Å². The first-order valence-corrected chi connectivity index (χ1v) is 9.63. The van der Waals surface area contributed by atoms with Crippen molar-refractivity contribution < 1.29 is 29.5 Å². The van der Waals surface area contributed by atoms with Gasteiger partial charge in [-0.25, -0.2) is 0 Å². The number of ketones is 1. The summed E-state index contributed by atoms with van der Waals surface area (Å²) in [6.45, 7) is 1.97. The molecule has 0 radical (unpaired) electrons. The van der Waals surface area contributed by atoms with E-state index in [1.54, 1.807) is 12.1 Å². The quantitative estimate of drug-likeness (QED) is 0.165. The molecule has 0 aromatic heterocycles. The van der Waals surface area contributed by atoms with Crippen molar-refractivity contribution in [2.45, 2.75) is 13.0 Å². The molecule has 1 aliphatic heterocycles. The van der Waals surface area contributed by atoms with Crippen LogP contribution >= 0.6 is 0 Å². The zero-order chi connectivity index (χ0) is 22.5. The average molecular weight is 426 g/mol. The molecular formula is C22H22N2O7. The first-order chi connectivity index (χ1) is 14.8. The first-order valence-electron chi connectivity index (χ1n) is 9.63. The molecule has 1 heterocycles. The number of Topliss-reactive ketones (excluding diaryl/α,β-unsaturated/α-hetero) is 1. The molecule has 2 aromatic carbocycles. The fraction of sp³-hybridized carbons (Fsp3) is 0.273. The molecular weight excluding hydrogens is 404 g/mol. The van der Waals surface area contributed by atoms with Gasteiger partial charge in [0, 0.05) is 24.2 Å². The van der Waals surface area contributed by atoms with Gasteiger partial charge in [-0.2, -0.15) is 0 Å². The second-order valence-electron chi connectivity index (χ2n) is 7.05. The van der Waals surface area contributed by atoms with Crippen molar-refractivity contribution in [1.29, 1.82) is 0 Å². The minimum atomic E-state index is -0.878. The standard InChI is InChI=1S/C22H22N2O7/c1-14-5-7-15(8-6-14)19-18(20(26)16-3-2-4-17(13-16)24(29)30)21(27)22(28)23(19)9-11-31-12-10-25/h2-8,13,19,25-26H,9-12H2,1H3/b20-18+/t19-/m1/s1. The number of hydrogen-bond acceptors (Lipinski definition) is 7. The predicted octanol–water partition coefficient (Wildman–Crippen LogP) is 2.33. The van der Waals surface area contributed by atoms with Crippen LogP contribution in [0.25, 0.3) is 5.76 Å². The summed E-state index contributed by atoms with van der Waals surface area (Å²) in [7, 11) is 0. The molecule has 9 heteroatoms. The fourth-order valence-corrected chi connectivity index (χ4v) is 3.46. The van der Waals surface area contributed by atoms with Gasteiger partial charge in [0.15, 0.2) is 0 Å². The van der Waals surface area contributed by atoms with Gasteiger partial charge in [0.1, 0.15) is 5.76 Å². The topological polar surface area (TPSA) is 130 Å². The number of nitrogens with zero attached hydrogens (tertiary/aromatic N) is 2. The third-order valence-electron chi connectivity index (χ3n) is 4.98. The van der Waals surface area contributed by atoms with Gasteiger partial charge in [0.25, 0.3) is 17.4 Å². The normalized spacial score (nSPS) is 17.9. The second-order valence-corrected chi connectivity index (χ2v) is 7.05. The van der Waals surface area contributed by atoms with Crippen molar-refractivity contribution in [2.75, 3.05) is 26.4 Å². The number of non-ortho nitro benzene ring substituents is 1. The van der Waals surface area contributed by atoms with E-state index in [-0.39, 0.29) is 43.2 Å². The molecule has 1 atom stereocenters. The van der Waals surface area contributed by atoms with Crippen LogP contribution in [0.4, 0.5) is 5.69 Å². The highest BCUT2D eigenvalue weighted by atomic mass is 16.6. The van der Waals surface area contributed by atoms with Gasteiger partial charge in [-0.05, 0) is 12.5 Å². The third-order valence-corrected chi connectivity index (χ3v) is 4.98. The van der Waals surface area contributed by atoms with Gasteiger partial charge in [0.2, 0.25) is 0 Å². The van der Waals surface area contributed by atoms with Crippen LogP contribution in [0.3, 0.4) is 0 Å². The molecule has 1 saturated heterocycles. The lowest BCUT2D eigenvalue weighted by Gasteiger charge is -2.25. The average Bonchev–Trinajstić information content (AvgIpc) is 3.01. The molecule has 0 saturated carbocycles. The maximum Gasteiger partial charge on any atom is 0.295 e. The van der Waals surface area contributed by atoms with Crippen LogP contribution in [-0.2, 0) is 14.3 Å². The lowest BCUT2D eigenvalue weighted by Crippen LogP contribution is -2.33. The van der Waals surface area contributed by atoms with Crippen LogP contribution in [0.2, 0.25) is 0 Å². The van der Waals surface area contributed by atoms with Crippen LogP contribution in [0.15, 0.2) is 54.1 Å². The zero-order valence-corrected chi connectivity index (χ0v) is 16.9. The van der Waals surface area contributed by atoms with E-state index < -0.39 is 28.4 Å². The van der Waals surface area contributed by atoms with Crippen molar-refractivity contribution in [3.63, 3.8) is 0 Å². The number of aryl methyl sites for hydroxylation is 1. The van der Waals surface area contributed by atoms with Gasteiger partial charge in [-0.3, -0.25) is 19.7 Å². The first kappa shape index (κ1) is 22.1. The van der Waals surface area contributed by atoms with Crippen LogP contribution < -0.4 is 0 Å². The van der Waals surface area contributed by atoms with E-state index >= 15 is 0 Å². The van der Waals surface area contributed by atoms with Gasteiger partial charge < -0.3 is 19.8 Å². The second kappa shape index (κ2) is 9.50. The molecule has 1 amide bonds. The highest BCUT2D eigenvalue weighted by Crippen LogP contribution is 2.39. The number of nitro groups is 1.